The molecule has 0 heterocycles. The number of hydrogen-bond donors (Lipinski definition) is 2. The average Bonchev–Trinajstić information content (AvgIpc) is 2.34. The minimum atomic E-state index is -4.86. The fourth-order valence-electron chi connectivity index (χ4n) is 1.59. The zero-order chi connectivity index (χ0) is 17.3. The van der Waals surface area contributed by atoms with E-state index >= 15 is 0 Å². The van der Waals surface area contributed by atoms with E-state index < -0.39 is 50.4 Å². The highest BCUT2D eigenvalue weighted by molar-refractivity contribution is 7.89. The Morgan fingerprint density at radius 3 is 2.23 bits per heavy atom. The van der Waals surface area contributed by atoms with Crippen molar-refractivity contribution < 1.29 is 35.9 Å². The number of carboxylic acids is 1. The molecule has 0 aliphatic carbocycles. The molecule has 0 unspecified atom stereocenters. The Morgan fingerprint density at radius 2 is 1.82 bits per heavy atom. The fraction of sp³-hybridized carbons (Fsp3) is 0.417. The maximum atomic E-state index is 13.6. The lowest BCUT2D eigenvalue weighted by Gasteiger charge is -2.18. The number of nitrogens with one attached hydrogen (secondary N) is 1. The average molecular weight is 343 g/mol. The van der Waals surface area contributed by atoms with Crippen LogP contribution >= 0.6 is 0 Å². The van der Waals surface area contributed by atoms with Crippen molar-refractivity contribution in [3.05, 3.63) is 29.6 Å². The second kappa shape index (κ2) is 6.21. The predicted molar refractivity (Wildman–Crippen MR) is 68.0 cm³/mol. The second-order valence-corrected chi connectivity index (χ2v) is 6.51. The first-order valence-corrected chi connectivity index (χ1v) is 7.46. The lowest BCUT2D eigenvalue weighted by Crippen LogP contribution is -2.44. The van der Waals surface area contributed by atoms with Crippen molar-refractivity contribution in [2.24, 2.45) is 5.92 Å². The van der Waals surface area contributed by atoms with Gasteiger partial charge in [0.2, 0.25) is 10.0 Å². The summed E-state index contributed by atoms with van der Waals surface area (Å²) in [5.41, 5.74) is -1.36. The normalized spacial score (nSPS) is 14.1. The molecule has 1 rings (SSSR count). The number of benzene rings is 1. The minimum Gasteiger partial charge on any atom is -0.480 e. The van der Waals surface area contributed by atoms with Crippen LogP contribution in [0.2, 0.25) is 0 Å². The lowest BCUT2D eigenvalue weighted by molar-refractivity contribution is -0.140. The standard InChI is InChI=1S/C12H13F4NO4S/c1-6(2)10(11(18)19)17-22(20,21)9-5-7(12(14,15)16)3-4-8(9)13/h3-6,10,17H,1-2H3,(H,18,19)/t10-/m0/s1. The van der Waals surface area contributed by atoms with Crippen molar-refractivity contribution >= 4 is 16.0 Å². The number of hydrogen-bond acceptors (Lipinski definition) is 3. The van der Waals surface area contributed by atoms with Gasteiger partial charge < -0.3 is 5.11 Å². The SMILES string of the molecule is CC(C)[C@H](NS(=O)(=O)c1cc(C(F)(F)F)ccc1F)C(=O)O. The van der Waals surface area contributed by atoms with Crippen LogP contribution in [0, 0.1) is 11.7 Å². The van der Waals surface area contributed by atoms with Crippen LogP contribution < -0.4 is 4.72 Å². The molecule has 124 valence electrons. The summed E-state index contributed by atoms with van der Waals surface area (Å²) in [6.45, 7) is 2.79. The first kappa shape index (κ1) is 18.4. The van der Waals surface area contributed by atoms with E-state index in [1.165, 1.54) is 13.8 Å². The maximum absolute atomic E-state index is 13.6. The highest BCUT2D eigenvalue weighted by atomic mass is 32.2. The Balaban J connectivity index is 3.31. The summed E-state index contributed by atoms with van der Waals surface area (Å²) in [5.74, 6) is -3.62. The Labute approximate surface area is 124 Å². The van der Waals surface area contributed by atoms with Crippen molar-refractivity contribution in [3.8, 4) is 0 Å². The molecule has 0 saturated heterocycles. The zero-order valence-electron chi connectivity index (χ0n) is 11.5. The molecule has 10 heteroatoms. The molecule has 0 fully saturated rings. The number of sulfonamides is 1. The summed E-state index contributed by atoms with van der Waals surface area (Å²) in [4.78, 5) is 9.71. The van der Waals surface area contributed by atoms with Crippen molar-refractivity contribution in [1.82, 2.24) is 4.72 Å². The molecule has 0 bridgehead atoms. The van der Waals surface area contributed by atoms with E-state index in [0.717, 1.165) is 0 Å². The summed E-state index contributed by atoms with van der Waals surface area (Å²) < 4.78 is 76.9. The number of carbonyl (C=O) groups is 1. The quantitative estimate of drug-likeness (QED) is 0.803. The van der Waals surface area contributed by atoms with E-state index in [1.54, 1.807) is 4.72 Å². The Kier molecular flexibility index (Phi) is 5.18. The van der Waals surface area contributed by atoms with Crippen LogP contribution in [0.5, 0.6) is 0 Å². The zero-order valence-corrected chi connectivity index (χ0v) is 12.3. The third-order valence-electron chi connectivity index (χ3n) is 2.76. The fourth-order valence-corrected chi connectivity index (χ4v) is 3.03. The molecule has 1 aromatic rings. The molecule has 1 atom stereocenters. The number of alkyl halides is 3. The summed E-state index contributed by atoms with van der Waals surface area (Å²) in [7, 11) is -4.77. The van der Waals surface area contributed by atoms with Gasteiger partial charge in [-0.3, -0.25) is 4.79 Å². The summed E-state index contributed by atoms with van der Waals surface area (Å²) in [6, 6.07) is -0.718. The highest BCUT2D eigenvalue weighted by Crippen LogP contribution is 2.31. The van der Waals surface area contributed by atoms with Gasteiger partial charge in [0.25, 0.3) is 0 Å². The molecule has 5 nitrogen and oxygen atoms in total. The Bertz CT molecular complexity index is 670. The van der Waals surface area contributed by atoms with Crippen LogP contribution in [-0.2, 0) is 21.0 Å². The van der Waals surface area contributed by atoms with Crippen molar-refractivity contribution in [2.75, 3.05) is 0 Å². The monoisotopic (exact) mass is 343 g/mol. The second-order valence-electron chi connectivity index (χ2n) is 4.82. The van der Waals surface area contributed by atoms with Gasteiger partial charge in [-0.1, -0.05) is 13.8 Å². The Hall–Kier alpha value is -1.68. The van der Waals surface area contributed by atoms with Gasteiger partial charge >= 0.3 is 12.1 Å². The van der Waals surface area contributed by atoms with Gasteiger partial charge in [-0.25, -0.2) is 12.8 Å². The van der Waals surface area contributed by atoms with Gasteiger partial charge in [-0.2, -0.15) is 17.9 Å². The summed E-state index contributed by atoms with van der Waals surface area (Å²) >= 11 is 0. The Morgan fingerprint density at radius 1 is 1.27 bits per heavy atom. The molecular weight excluding hydrogens is 330 g/mol. The van der Waals surface area contributed by atoms with Crippen molar-refractivity contribution in [1.29, 1.82) is 0 Å². The molecule has 0 aromatic heterocycles. The van der Waals surface area contributed by atoms with Gasteiger partial charge in [-0.15, -0.1) is 0 Å². The first-order valence-electron chi connectivity index (χ1n) is 5.98. The van der Waals surface area contributed by atoms with Gasteiger partial charge in [0.15, 0.2) is 0 Å². The maximum Gasteiger partial charge on any atom is 0.416 e. The molecule has 0 aliphatic rings. The van der Waals surface area contributed by atoms with Crippen molar-refractivity contribution in [2.45, 2.75) is 31.0 Å². The van der Waals surface area contributed by atoms with Crippen LogP contribution in [0.15, 0.2) is 23.1 Å². The minimum absolute atomic E-state index is 0.122. The molecule has 22 heavy (non-hydrogen) atoms. The summed E-state index contributed by atoms with van der Waals surface area (Å²) in [6.07, 6.45) is -4.86. The van der Waals surface area contributed by atoms with E-state index in [-0.39, 0.29) is 6.07 Å². The molecule has 0 radical (unpaired) electrons. The molecule has 1 aromatic carbocycles. The molecule has 2 N–H and O–H groups in total. The molecule has 0 saturated carbocycles. The number of halogens is 4. The lowest BCUT2D eigenvalue weighted by atomic mass is 10.1. The topological polar surface area (TPSA) is 83.5 Å². The van der Waals surface area contributed by atoms with E-state index in [2.05, 4.69) is 0 Å². The largest absolute Gasteiger partial charge is 0.480 e. The van der Waals surface area contributed by atoms with E-state index in [0.29, 0.717) is 12.1 Å². The van der Waals surface area contributed by atoms with Crippen LogP contribution in [0.1, 0.15) is 19.4 Å². The van der Waals surface area contributed by atoms with Crippen LogP contribution in [0.3, 0.4) is 0 Å². The molecule has 0 amide bonds. The van der Waals surface area contributed by atoms with Crippen molar-refractivity contribution in [3.63, 3.8) is 0 Å². The molecule has 0 aliphatic heterocycles. The molecule has 0 spiro atoms. The van der Waals surface area contributed by atoms with E-state index in [9.17, 15) is 30.8 Å². The van der Waals surface area contributed by atoms with Gasteiger partial charge in [-0.05, 0) is 24.1 Å². The molecular formula is C12H13F4NO4S. The van der Waals surface area contributed by atoms with Gasteiger partial charge in [0.05, 0.1) is 5.56 Å². The third kappa shape index (κ3) is 4.17. The number of rotatable bonds is 5. The highest BCUT2D eigenvalue weighted by Gasteiger charge is 2.34. The van der Waals surface area contributed by atoms with Crippen LogP contribution in [-0.4, -0.2) is 25.5 Å². The van der Waals surface area contributed by atoms with Crippen LogP contribution in [0.4, 0.5) is 17.6 Å². The number of aliphatic carboxylic acids is 1. The summed E-state index contributed by atoms with van der Waals surface area (Å²) in [5, 5.41) is 8.91. The predicted octanol–water partition coefficient (Wildman–Crippen LogP) is 2.23. The third-order valence-corrected chi connectivity index (χ3v) is 4.22. The van der Waals surface area contributed by atoms with Crippen LogP contribution in [0.25, 0.3) is 0 Å². The van der Waals surface area contributed by atoms with Gasteiger partial charge in [0, 0.05) is 0 Å². The van der Waals surface area contributed by atoms with Gasteiger partial charge in [0.1, 0.15) is 16.8 Å². The smallest absolute Gasteiger partial charge is 0.416 e. The number of carboxylic acid groups (broad SMARTS) is 1. The van der Waals surface area contributed by atoms with E-state index in [4.69, 9.17) is 5.11 Å². The first-order chi connectivity index (χ1) is 9.86. The van der Waals surface area contributed by atoms with E-state index in [1.807, 2.05) is 0 Å².